The van der Waals surface area contributed by atoms with Gasteiger partial charge < -0.3 is 25.0 Å². The third-order valence-corrected chi connectivity index (χ3v) is 8.36. The highest BCUT2D eigenvalue weighted by atomic mass is 19.4. The Kier molecular flexibility index (Phi) is 9.14. The normalized spacial score (nSPS) is 18.7. The summed E-state index contributed by atoms with van der Waals surface area (Å²) in [4.78, 5) is 28.5. The van der Waals surface area contributed by atoms with Crippen molar-refractivity contribution in [2.75, 3.05) is 11.9 Å². The van der Waals surface area contributed by atoms with Gasteiger partial charge in [0.05, 0.1) is 17.5 Å². The molecule has 0 bridgehead atoms. The van der Waals surface area contributed by atoms with Crippen LogP contribution in [0.3, 0.4) is 0 Å². The van der Waals surface area contributed by atoms with Gasteiger partial charge in [0, 0.05) is 23.8 Å². The minimum absolute atomic E-state index is 0.0165. The molecule has 1 heterocycles. The molecule has 1 saturated carbocycles. The number of nitrogens with one attached hydrogen (secondary N) is 2. The average Bonchev–Trinajstić information content (AvgIpc) is 3.29. The number of aromatic nitrogens is 2. The van der Waals surface area contributed by atoms with Crippen molar-refractivity contribution in [1.82, 2.24) is 14.9 Å². The summed E-state index contributed by atoms with van der Waals surface area (Å²) >= 11 is 0. The van der Waals surface area contributed by atoms with Crippen LogP contribution >= 0.6 is 0 Å². The Morgan fingerprint density at radius 2 is 1.80 bits per heavy atom. The number of alkyl halides is 3. The minimum Gasteiger partial charge on any atom is -0.481 e. The summed E-state index contributed by atoms with van der Waals surface area (Å²) in [6.07, 6.45) is 1.21. The number of carboxylic acid groups (broad SMARTS) is 1. The van der Waals surface area contributed by atoms with E-state index in [1.807, 2.05) is 0 Å². The van der Waals surface area contributed by atoms with E-state index in [9.17, 15) is 22.8 Å². The highest BCUT2D eigenvalue weighted by Gasteiger charge is 2.39. The number of ether oxygens (including phenoxy) is 1. The van der Waals surface area contributed by atoms with E-state index in [1.165, 1.54) is 24.3 Å². The Labute approximate surface area is 237 Å². The molecule has 2 aromatic carbocycles. The summed E-state index contributed by atoms with van der Waals surface area (Å²) in [7, 11) is 0. The van der Waals surface area contributed by atoms with Crippen molar-refractivity contribution in [3.8, 4) is 5.75 Å². The number of halogens is 3. The lowest BCUT2D eigenvalue weighted by Gasteiger charge is -2.44. The molecule has 41 heavy (non-hydrogen) atoms. The Hall–Kier alpha value is -3.76. The molecular weight excluding hydrogens is 537 g/mol. The summed E-state index contributed by atoms with van der Waals surface area (Å²) < 4.78 is 44.0. The van der Waals surface area contributed by atoms with Crippen LogP contribution < -0.4 is 15.4 Å². The molecule has 3 aromatic rings. The van der Waals surface area contributed by atoms with Gasteiger partial charge in [-0.25, -0.2) is 4.98 Å². The summed E-state index contributed by atoms with van der Waals surface area (Å²) in [5, 5.41) is 14.8. The third kappa shape index (κ3) is 7.31. The number of carboxylic acids is 1. The van der Waals surface area contributed by atoms with Gasteiger partial charge in [-0.1, -0.05) is 40.0 Å². The van der Waals surface area contributed by atoms with Gasteiger partial charge in [-0.15, -0.1) is 13.2 Å². The number of anilines is 2. The van der Waals surface area contributed by atoms with E-state index in [0.717, 1.165) is 44.0 Å². The van der Waals surface area contributed by atoms with Crippen molar-refractivity contribution in [1.29, 1.82) is 0 Å². The van der Waals surface area contributed by atoms with Gasteiger partial charge >= 0.3 is 12.3 Å². The van der Waals surface area contributed by atoms with Crippen molar-refractivity contribution in [2.45, 2.75) is 78.1 Å². The summed E-state index contributed by atoms with van der Waals surface area (Å²) in [5.74, 6) is -0.632. The molecule has 1 fully saturated rings. The van der Waals surface area contributed by atoms with Crippen molar-refractivity contribution in [3.63, 3.8) is 0 Å². The molecule has 0 aliphatic heterocycles. The first-order valence-corrected chi connectivity index (χ1v) is 14.1. The van der Waals surface area contributed by atoms with Gasteiger partial charge in [0.2, 0.25) is 5.95 Å². The molecule has 1 aliphatic carbocycles. The van der Waals surface area contributed by atoms with Crippen LogP contribution in [0.5, 0.6) is 5.75 Å². The lowest BCUT2D eigenvalue weighted by Crippen LogP contribution is -2.34. The Morgan fingerprint density at radius 3 is 2.41 bits per heavy atom. The first-order valence-electron chi connectivity index (χ1n) is 14.1. The quantitative estimate of drug-likeness (QED) is 0.220. The van der Waals surface area contributed by atoms with Crippen LogP contribution in [0.25, 0.3) is 11.0 Å². The van der Waals surface area contributed by atoms with E-state index >= 15 is 0 Å². The maximum Gasteiger partial charge on any atom is 0.573 e. The van der Waals surface area contributed by atoms with Crippen molar-refractivity contribution >= 4 is 34.5 Å². The fourth-order valence-electron chi connectivity index (χ4n) is 6.03. The van der Waals surface area contributed by atoms with Gasteiger partial charge in [-0.05, 0) is 73.1 Å². The van der Waals surface area contributed by atoms with Crippen molar-refractivity contribution < 1.29 is 32.6 Å². The first kappa shape index (κ1) is 30.2. The largest absolute Gasteiger partial charge is 0.573 e. The Balaban J connectivity index is 1.74. The van der Waals surface area contributed by atoms with E-state index in [4.69, 9.17) is 10.1 Å². The Morgan fingerprint density at radius 1 is 1.10 bits per heavy atom. The molecule has 4 rings (SSSR count). The van der Waals surface area contributed by atoms with Crippen LogP contribution in [-0.2, 0) is 4.79 Å². The number of carbonyl (C=O) groups excluding carboxylic acids is 1. The number of benzene rings is 2. The molecule has 1 aliphatic rings. The second kappa shape index (κ2) is 12.4. The number of carbonyl (C=O) groups is 2. The van der Waals surface area contributed by atoms with Gasteiger partial charge in [0.1, 0.15) is 5.75 Å². The number of hydrogen-bond donors (Lipinski definition) is 3. The van der Waals surface area contributed by atoms with E-state index in [1.54, 1.807) is 18.2 Å². The third-order valence-electron chi connectivity index (χ3n) is 8.36. The second-order valence-electron chi connectivity index (χ2n) is 10.9. The molecule has 1 aromatic heterocycles. The zero-order valence-electron chi connectivity index (χ0n) is 23.6. The number of amides is 1. The molecule has 11 heteroatoms. The predicted octanol–water partition coefficient (Wildman–Crippen LogP) is 7.44. The summed E-state index contributed by atoms with van der Waals surface area (Å²) in [6.45, 7) is 6.68. The predicted molar refractivity (Wildman–Crippen MR) is 150 cm³/mol. The van der Waals surface area contributed by atoms with E-state index in [0.29, 0.717) is 28.6 Å². The number of aliphatic carboxylic acids is 1. The molecule has 8 nitrogen and oxygen atoms in total. The molecule has 0 unspecified atom stereocenters. The molecule has 0 saturated heterocycles. The molecule has 2 atom stereocenters. The van der Waals surface area contributed by atoms with Crippen LogP contribution in [0.15, 0.2) is 42.5 Å². The first-order chi connectivity index (χ1) is 19.5. The van der Waals surface area contributed by atoms with Crippen molar-refractivity contribution in [2.24, 2.45) is 11.3 Å². The smallest absolute Gasteiger partial charge is 0.481 e. The van der Waals surface area contributed by atoms with Crippen LogP contribution in [0.4, 0.5) is 24.8 Å². The number of fused-ring (bicyclic) bond motifs is 1. The zero-order valence-corrected chi connectivity index (χ0v) is 23.6. The van der Waals surface area contributed by atoms with Gasteiger partial charge in [-0.2, -0.15) is 0 Å². The maximum absolute atomic E-state index is 12.8. The summed E-state index contributed by atoms with van der Waals surface area (Å²) in [6, 6.07) is 10.8. The maximum atomic E-state index is 12.8. The Bertz CT molecular complexity index is 1370. The van der Waals surface area contributed by atoms with Crippen molar-refractivity contribution in [3.05, 3.63) is 48.0 Å². The van der Waals surface area contributed by atoms with Gasteiger partial charge in [0.25, 0.3) is 5.91 Å². The number of rotatable bonds is 11. The molecule has 3 N–H and O–H groups in total. The SMILES string of the molecule is CC[C@@H]1C[C@H](n2c(Nc3ccc(OC(F)(F)F)cc3)nc3ccc(C(=O)NCCC(=O)O)cc32)CC(CC)(CC)C1. The topological polar surface area (TPSA) is 105 Å². The van der Waals surface area contributed by atoms with Crippen LogP contribution in [0.2, 0.25) is 0 Å². The molecular formula is C30H37F3N4O4. The van der Waals surface area contributed by atoms with E-state index in [-0.39, 0.29) is 36.1 Å². The second-order valence-corrected chi connectivity index (χ2v) is 10.9. The molecule has 1 amide bonds. The standard InChI is InChI=1S/C30H37F3N4O4/c1-4-19-15-22(18-29(5-2,6-3)17-19)37-25-16-20(27(40)34-14-13-26(38)39)7-12-24(25)36-28(37)35-21-8-10-23(11-9-21)41-30(31,32)33/h7-12,16,19,22H,4-6,13-15,17-18H2,1-3H3,(H,34,40)(H,35,36)(H,38,39)/t19-,22+/m1/s1. The molecule has 0 spiro atoms. The lowest BCUT2D eigenvalue weighted by molar-refractivity contribution is -0.274. The zero-order chi connectivity index (χ0) is 29.8. The van der Waals surface area contributed by atoms with Crippen LogP contribution in [0, 0.1) is 11.3 Å². The fourth-order valence-corrected chi connectivity index (χ4v) is 6.03. The molecule has 222 valence electrons. The van der Waals surface area contributed by atoms with Crippen LogP contribution in [0.1, 0.15) is 82.1 Å². The highest BCUT2D eigenvalue weighted by Crippen LogP contribution is 2.51. The number of hydrogen-bond acceptors (Lipinski definition) is 5. The fraction of sp³-hybridized carbons (Fsp3) is 0.500. The highest BCUT2D eigenvalue weighted by molar-refractivity contribution is 5.98. The van der Waals surface area contributed by atoms with Gasteiger partial charge in [-0.3, -0.25) is 9.59 Å². The molecule has 0 radical (unpaired) electrons. The number of nitrogens with zero attached hydrogens (tertiary/aromatic N) is 2. The lowest BCUT2D eigenvalue weighted by atomic mass is 9.64. The number of imidazole rings is 1. The van der Waals surface area contributed by atoms with E-state index < -0.39 is 12.3 Å². The minimum atomic E-state index is -4.78. The summed E-state index contributed by atoms with van der Waals surface area (Å²) in [5.41, 5.74) is 2.54. The average molecular weight is 575 g/mol. The van der Waals surface area contributed by atoms with Crippen LogP contribution in [-0.4, -0.2) is 39.4 Å². The monoisotopic (exact) mass is 574 g/mol. The van der Waals surface area contributed by atoms with Gasteiger partial charge in [0.15, 0.2) is 0 Å². The van der Waals surface area contributed by atoms with E-state index in [2.05, 4.69) is 40.7 Å².